The molecule has 0 aromatic heterocycles. The number of carbonyl (C=O) groups is 1. The first-order valence-electron chi connectivity index (χ1n) is 6.48. The summed E-state index contributed by atoms with van der Waals surface area (Å²) in [5.41, 5.74) is 0.442. The lowest BCUT2D eigenvalue weighted by molar-refractivity contribution is -0.124. The molecule has 0 radical (unpaired) electrons. The lowest BCUT2D eigenvalue weighted by Gasteiger charge is -2.28. The van der Waals surface area contributed by atoms with Gasteiger partial charge in [-0.15, -0.1) is 0 Å². The highest BCUT2D eigenvalue weighted by Gasteiger charge is 2.19. The van der Waals surface area contributed by atoms with Gasteiger partial charge in [0.25, 0.3) is 0 Å². The van der Waals surface area contributed by atoms with Gasteiger partial charge >= 0.3 is 0 Å². The Morgan fingerprint density at radius 2 is 2.30 bits per heavy atom. The summed E-state index contributed by atoms with van der Waals surface area (Å²) in [4.78, 5) is 13.1. The second kappa shape index (κ2) is 6.89. The summed E-state index contributed by atoms with van der Waals surface area (Å²) in [7, 11) is 0. The van der Waals surface area contributed by atoms with Crippen molar-refractivity contribution in [2.45, 2.75) is 6.10 Å². The number of nitriles is 1. The second-order valence-corrected chi connectivity index (χ2v) is 4.66. The lowest BCUT2D eigenvalue weighted by Crippen LogP contribution is -2.50. The fourth-order valence-corrected chi connectivity index (χ4v) is 2.07. The third-order valence-corrected chi connectivity index (χ3v) is 3.03. The Morgan fingerprint density at radius 1 is 1.50 bits per heavy atom. The summed E-state index contributed by atoms with van der Waals surface area (Å²) in [6, 6.07) is 8.93. The van der Waals surface area contributed by atoms with E-state index >= 15 is 0 Å². The molecule has 0 saturated carbocycles. The van der Waals surface area contributed by atoms with E-state index in [-0.39, 0.29) is 12.5 Å². The van der Waals surface area contributed by atoms with Gasteiger partial charge in [0.15, 0.2) is 0 Å². The Balaban J connectivity index is 1.81. The Bertz CT molecular complexity index is 513. The molecular weight excluding hydrogens is 258 g/mol. The Hall–Kier alpha value is -2.10. The summed E-state index contributed by atoms with van der Waals surface area (Å²) in [6.07, 6.45) is -0.701. The quantitative estimate of drug-likeness (QED) is 0.772. The Labute approximate surface area is 117 Å². The van der Waals surface area contributed by atoms with Crippen LogP contribution in [0.25, 0.3) is 0 Å². The van der Waals surface area contributed by atoms with Crippen molar-refractivity contribution in [3.05, 3.63) is 29.8 Å². The van der Waals surface area contributed by atoms with E-state index in [2.05, 4.69) is 5.32 Å². The lowest BCUT2D eigenvalue weighted by atomic mass is 10.2. The number of aliphatic hydroxyl groups excluding tert-OH is 1. The number of hydrogen-bond acceptors (Lipinski definition) is 5. The summed E-state index contributed by atoms with van der Waals surface area (Å²) in [6.45, 7) is 2.09. The number of rotatable bonds is 5. The van der Waals surface area contributed by atoms with Gasteiger partial charge in [-0.2, -0.15) is 5.26 Å². The minimum absolute atomic E-state index is 0.0285. The maximum absolute atomic E-state index is 11.2. The van der Waals surface area contributed by atoms with E-state index < -0.39 is 6.10 Å². The van der Waals surface area contributed by atoms with Crippen molar-refractivity contribution in [3.8, 4) is 11.8 Å². The molecule has 6 nitrogen and oxygen atoms in total. The minimum atomic E-state index is -0.701. The summed E-state index contributed by atoms with van der Waals surface area (Å²) < 4.78 is 5.46. The van der Waals surface area contributed by atoms with Gasteiger partial charge < -0.3 is 15.2 Å². The van der Waals surface area contributed by atoms with Gasteiger partial charge in [0.05, 0.1) is 12.1 Å². The first-order chi connectivity index (χ1) is 9.69. The van der Waals surface area contributed by atoms with Crippen LogP contribution >= 0.6 is 0 Å². The zero-order valence-electron chi connectivity index (χ0n) is 11.1. The predicted molar refractivity (Wildman–Crippen MR) is 72.1 cm³/mol. The monoisotopic (exact) mass is 275 g/mol. The molecule has 1 fully saturated rings. The number of amides is 1. The molecule has 0 bridgehead atoms. The van der Waals surface area contributed by atoms with Crippen LogP contribution < -0.4 is 10.1 Å². The molecule has 1 aliphatic rings. The number of para-hydroxylation sites is 1. The van der Waals surface area contributed by atoms with E-state index in [1.807, 2.05) is 11.0 Å². The second-order valence-electron chi connectivity index (χ2n) is 4.66. The number of ether oxygens (including phenoxy) is 1. The van der Waals surface area contributed by atoms with Gasteiger partial charge in [0.1, 0.15) is 24.5 Å². The molecule has 1 aliphatic heterocycles. The van der Waals surface area contributed by atoms with Crippen LogP contribution in [0.3, 0.4) is 0 Å². The van der Waals surface area contributed by atoms with E-state index in [1.54, 1.807) is 24.3 Å². The number of nitrogens with zero attached hydrogens (tertiary/aromatic N) is 2. The van der Waals surface area contributed by atoms with E-state index in [9.17, 15) is 9.90 Å². The fraction of sp³-hybridized carbons (Fsp3) is 0.429. The molecule has 20 heavy (non-hydrogen) atoms. The van der Waals surface area contributed by atoms with Crippen molar-refractivity contribution in [1.82, 2.24) is 10.2 Å². The molecular formula is C14H17N3O3. The molecule has 1 amide bonds. The molecule has 1 unspecified atom stereocenters. The van der Waals surface area contributed by atoms with Crippen molar-refractivity contribution in [3.63, 3.8) is 0 Å². The van der Waals surface area contributed by atoms with Gasteiger partial charge in [-0.1, -0.05) is 12.1 Å². The number of β-amino-alcohol motifs (C(OH)–C–C–N with tert-alkyl or cyclic N) is 1. The van der Waals surface area contributed by atoms with Crippen LogP contribution in [0.15, 0.2) is 24.3 Å². The largest absolute Gasteiger partial charge is 0.489 e. The smallest absolute Gasteiger partial charge is 0.234 e. The molecule has 1 aromatic carbocycles. The van der Waals surface area contributed by atoms with E-state index in [1.165, 1.54) is 0 Å². The molecule has 1 aromatic rings. The van der Waals surface area contributed by atoms with Crippen molar-refractivity contribution in [2.75, 3.05) is 32.8 Å². The van der Waals surface area contributed by atoms with Crippen molar-refractivity contribution in [1.29, 1.82) is 5.26 Å². The molecule has 6 heteroatoms. The molecule has 2 rings (SSSR count). The first kappa shape index (κ1) is 14.3. The minimum Gasteiger partial charge on any atom is -0.489 e. The van der Waals surface area contributed by atoms with Crippen LogP contribution in [-0.4, -0.2) is 54.8 Å². The maximum atomic E-state index is 11.2. The molecule has 1 heterocycles. The summed E-state index contributed by atoms with van der Waals surface area (Å²) in [5, 5.41) is 21.6. The number of piperazine rings is 1. The topological polar surface area (TPSA) is 85.6 Å². The molecule has 1 atom stereocenters. The number of aliphatic hydroxyl groups is 1. The van der Waals surface area contributed by atoms with E-state index in [0.717, 1.165) is 6.54 Å². The number of hydrogen-bond donors (Lipinski definition) is 2. The first-order valence-corrected chi connectivity index (χ1v) is 6.48. The van der Waals surface area contributed by atoms with Crippen LogP contribution in [-0.2, 0) is 4.79 Å². The highest BCUT2D eigenvalue weighted by atomic mass is 16.5. The van der Waals surface area contributed by atoms with E-state index in [4.69, 9.17) is 10.00 Å². The van der Waals surface area contributed by atoms with Gasteiger partial charge in [-0.25, -0.2) is 0 Å². The number of carbonyl (C=O) groups excluding carboxylic acids is 1. The molecule has 0 spiro atoms. The summed E-state index contributed by atoms with van der Waals surface area (Å²) in [5.74, 6) is 0.435. The third-order valence-electron chi connectivity index (χ3n) is 3.03. The normalized spacial score (nSPS) is 17.1. The highest BCUT2D eigenvalue weighted by Crippen LogP contribution is 2.16. The van der Waals surface area contributed by atoms with Crippen molar-refractivity contribution < 1.29 is 14.6 Å². The van der Waals surface area contributed by atoms with Crippen molar-refractivity contribution in [2.24, 2.45) is 0 Å². The Morgan fingerprint density at radius 3 is 3.05 bits per heavy atom. The SMILES string of the molecule is N#Cc1ccccc1OCC(O)CN1CCNC(=O)C1. The van der Waals surface area contributed by atoms with Crippen LogP contribution in [0, 0.1) is 11.3 Å². The van der Waals surface area contributed by atoms with Crippen LogP contribution in [0.4, 0.5) is 0 Å². The van der Waals surface area contributed by atoms with Gasteiger partial charge in [0.2, 0.25) is 5.91 Å². The fourth-order valence-electron chi connectivity index (χ4n) is 2.07. The van der Waals surface area contributed by atoms with Crippen LogP contribution in [0.1, 0.15) is 5.56 Å². The van der Waals surface area contributed by atoms with Crippen LogP contribution in [0.2, 0.25) is 0 Å². The molecule has 1 saturated heterocycles. The Kier molecular flexibility index (Phi) is 4.93. The molecule has 0 aliphatic carbocycles. The van der Waals surface area contributed by atoms with E-state index in [0.29, 0.717) is 30.9 Å². The number of benzene rings is 1. The molecule has 106 valence electrons. The zero-order valence-corrected chi connectivity index (χ0v) is 11.1. The average molecular weight is 275 g/mol. The van der Waals surface area contributed by atoms with Crippen LogP contribution in [0.5, 0.6) is 5.75 Å². The maximum Gasteiger partial charge on any atom is 0.234 e. The standard InChI is InChI=1S/C14H17N3O3/c15-7-11-3-1-2-4-13(11)20-10-12(18)8-17-6-5-16-14(19)9-17/h1-4,12,18H,5-6,8-10H2,(H,16,19). The highest BCUT2D eigenvalue weighted by molar-refractivity contribution is 5.78. The van der Waals surface area contributed by atoms with Crippen molar-refractivity contribution >= 4 is 5.91 Å². The summed E-state index contributed by atoms with van der Waals surface area (Å²) >= 11 is 0. The zero-order chi connectivity index (χ0) is 14.4. The average Bonchev–Trinajstić information content (AvgIpc) is 2.45. The third kappa shape index (κ3) is 3.95. The number of nitrogens with one attached hydrogen (secondary N) is 1. The predicted octanol–water partition coefficient (Wildman–Crippen LogP) is -0.270. The van der Waals surface area contributed by atoms with Gasteiger partial charge in [-0.3, -0.25) is 9.69 Å². The molecule has 2 N–H and O–H groups in total. The van der Waals surface area contributed by atoms with Gasteiger partial charge in [0, 0.05) is 19.6 Å². The van der Waals surface area contributed by atoms with Gasteiger partial charge in [-0.05, 0) is 12.1 Å².